The molecule has 146 valence electrons. The van der Waals surface area contributed by atoms with E-state index in [1.165, 1.54) is 0 Å². The van der Waals surface area contributed by atoms with Crippen LogP contribution >= 0.6 is 0 Å². The van der Waals surface area contributed by atoms with Crippen molar-refractivity contribution < 1.29 is 19.1 Å². The van der Waals surface area contributed by atoms with E-state index in [9.17, 15) is 14.4 Å². The number of alkyl carbamates (subject to hydrolysis) is 1. The Balaban J connectivity index is 2.70. The van der Waals surface area contributed by atoms with Gasteiger partial charge < -0.3 is 21.1 Å². The van der Waals surface area contributed by atoms with Crippen molar-refractivity contribution in [1.29, 1.82) is 5.26 Å². The highest BCUT2D eigenvalue weighted by Crippen LogP contribution is 2.10. The Morgan fingerprint density at radius 3 is 2.26 bits per heavy atom. The van der Waals surface area contributed by atoms with Crippen LogP contribution in [0.1, 0.15) is 32.8 Å². The Morgan fingerprint density at radius 2 is 1.74 bits per heavy atom. The first-order valence-corrected chi connectivity index (χ1v) is 8.70. The van der Waals surface area contributed by atoms with Crippen LogP contribution in [0, 0.1) is 23.2 Å². The second-order valence-corrected chi connectivity index (χ2v) is 6.66. The summed E-state index contributed by atoms with van der Waals surface area (Å²) in [5.41, 5.74) is 6.15. The maximum Gasteiger partial charge on any atom is 0.408 e. The normalized spacial score (nSPS) is 13.7. The molecule has 1 aromatic rings. The van der Waals surface area contributed by atoms with E-state index in [0.29, 0.717) is 0 Å². The van der Waals surface area contributed by atoms with Gasteiger partial charge in [-0.15, -0.1) is 0 Å². The number of carbonyl (C=O) groups excluding carboxylic acids is 3. The molecule has 4 N–H and O–H groups in total. The van der Waals surface area contributed by atoms with Crippen molar-refractivity contribution in [1.82, 2.24) is 10.6 Å². The number of nitrogens with one attached hydrogen (secondary N) is 2. The zero-order valence-electron chi connectivity index (χ0n) is 15.8. The Hall–Kier alpha value is -3.08. The molecule has 0 saturated heterocycles. The molecule has 0 aliphatic heterocycles. The number of benzene rings is 1. The van der Waals surface area contributed by atoms with Gasteiger partial charge in [-0.1, -0.05) is 51.1 Å². The van der Waals surface area contributed by atoms with Gasteiger partial charge >= 0.3 is 6.09 Å². The number of nitrogens with zero attached hydrogens (tertiary/aromatic N) is 1. The number of hydrogen-bond acceptors (Lipinski definition) is 5. The van der Waals surface area contributed by atoms with Crippen LogP contribution in [0.2, 0.25) is 0 Å². The molecule has 0 aliphatic rings. The van der Waals surface area contributed by atoms with Crippen molar-refractivity contribution in [3.8, 4) is 6.07 Å². The number of carbonyl (C=O) groups is 3. The van der Waals surface area contributed by atoms with Gasteiger partial charge in [-0.05, 0) is 17.4 Å². The third kappa shape index (κ3) is 7.36. The third-order valence-electron chi connectivity index (χ3n) is 4.02. The fourth-order valence-corrected chi connectivity index (χ4v) is 2.43. The standard InChI is InChI=1S/C19H26N4O4/c1-12(2)15(18(25)22-16(17(21)24)13(3)9-10-20)23-19(26)27-11-14-7-5-4-6-8-14/h4-8,12-13,15-16H,9,11H2,1-3H3,(H2,21,24)(H,22,25)(H,23,26)/t13-,15+,16-/m1/s1. The highest BCUT2D eigenvalue weighted by atomic mass is 16.5. The van der Waals surface area contributed by atoms with Crippen LogP contribution in [0.5, 0.6) is 0 Å². The first-order chi connectivity index (χ1) is 12.8. The largest absolute Gasteiger partial charge is 0.445 e. The van der Waals surface area contributed by atoms with E-state index in [2.05, 4.69) is 10.6 Å². The Morgan fingerprint density at radius 1 is 1.11 bits per heavy atom. The van der Waals surface area contributed by atoms with Crippen molar-refractivity contribution in [2.24, 2.45) is 17.6 Å². The number of ether oxygens (including phenoxy) is 1. The smallest absolute Gasteiger partial charge is 0.408 e. The van der Waals surface area contributed by atoms with Gasteiger partial charge in [0.1, 0.15) is 18.7 Å². The average molecular weight is 374 g/mol. The fraction of sp³-hybridized carbons (Fsp3) is 0.474. The van der Waals surface area contributed by atoms with E-state index in [4.69, 9.17) is 15.7 Å². The molecule has 3 amide bonds. The molecule has 0 spiro atoms. The predicted molar refractivity (Wildman–Crippen MR) is 98.9 cm³/mol. The molecule has 8 heteroatoms. The molecule has 0 heterocycles. The van der Waals surface area contributed by atoms with Crippen molar-refractivity contribution in [2.45, 2.75) is 45.9 Å². The number of amides is 3. The first kappa shape index (κ1) is 22.0. The molecule has 8 nitrogen and oxygen atoms in total. The second-order valence-electron chi connectivity index (χ2n) is 6.66. The lowest BCUT2D eigenvalue weighted by Crippen LogP contribution is -2.56. The van der Waals surface area contributed by atoms with Crippen LogP contribution in [0.25, 0.3) is 0 Å². The van der Waals surface area contributed by atoms with E-state index >= 15 is 0 Å². The third-order valence-corrected chi connectivity index (χ3v) is 4.02. The molecule has 0 saturated carbocycles. The lowest BCUT2D eigenvalue weighted by atomic mass is 9.96. The summed E-state index contributed by atoms with van der Waals surface area (Å²) in [5.74, 6) is -2.00. The summed E-state index contributed by atoms with van der Waals surface area (Å²) in [7, 11) is 0. The molecule has 0 radical (unpaired) electrons. The van der Waals surface area contributed by atoms with E-state index in [0.717, 1.165) is 5.56 Å². The number of rotatable bonds is 9. The van der Waals surface area contributed by atoms with E-state index in [1.54, 1.807) is 20.8 Å². The maximum atomic E-state index is 12.5. The van der Waals surface area contributed by atoms with E-state index in [-0.39, 0.29) is 18.9 Å². The van der Waals surface area contributed by atoms with Gasteiger partial charge in [-0.25, -0.2) is 4.79 Å². The fourth-order valence-electron chi connectivity index (χ4n) is 2.43. The summed E-state index contributed by atoms with van der Waals surface area (Å²) in [6.45, 7) is 5.21. The van der Waals surface area contributed by atoms with Crippen LogP contribution in [0.4, 0.5) is 4.79 Å². The van der Waals surface area contributed by atoms with Gasteiger partial charge in [-0.3, -0.25) is 9.59 Å². The monoisotopic (exact) mass is 374 g/mol. The summed E-state index contributed by atoms with van der Waals surface area (Å²) in [4.78, 5) is 36.2. The van der Waals surface area contributed by atoms with Gasteiger partial charge in [0.15, 0.2) is 0 Å². The van der Waals surface area contributed by atoms with Gasteiger partial charge in [0.05, 0.1) is 6.07 Å². The number of primary amides is 1. The zero-order chi connectivity index (χ0) is 20.4. The molecule has 0 aliphatic carbocycles. The average Bonchev–Trinajstić information content (AvgIpc) is 2.62. The quantitative estimate of drug-likeness (QED) is 0.601. The lowest BCUT2D eigenvalue weighted by molar-refractivity contribution is -0.130. The van der Waals surface area contributed by atoms with Crippen molar-refractivity contribution in [3.63, 3.8) is 0 Å². The van der Waals surface area contributed by atoms with Gasteiger partial charge in [0, 0.05) is 6.42 Å². The summed E-state index contributed by atoms with van der Waals surface area (Å²) >= 11 is 0. The number of hydrogen-bond donors (Lipinski definition) is 3. The topological polar surface area (TPSA) is 134 Å². The minimum Gasteiger partial charge on any atom is -0.445 e. The molecule has 27 heavy (non-hydrogen) atoms. The molecule has 1 rings (SSSR count). The van der Waals surface area contributed by atoms with Crippen LogP contribution in [-0.4, -0.2) is 30.0 Å². The van der Waals surface area contributed by atoms with Crippen molar-refractivity contribution in [2.75, 3.05) is 0 Å². The minimum absolute atomic E-state index is 0.0623. The zero-order valence-corrected chi connectivity index (χ0v) is 15.8. The summed E-state index contributed by atoms with van der Waals surface area (Å²) in [5, 5.41) is 13.8. The summed E-state index contributed by atoms with van der Waals surface area (Å²) in [6.07, 6.45) is -0.680. The van der Waals surface area contributed by atoms with Gasteiger partial charge in [-0.2, -0.15) is 5.26 Å². The van der Waals surface area contributed by atoms with Crippen LogP contribution < -0.4 is 16.4 Å². The first-order valence-electron chi connectivity index (χ1n) is 8.70. The Bertz CT molecular complexity index is 685. The van der Waals surface area contributed by atoms with E-state index < -0.39 is 35.9 Å². The van der Waals surface area contributed by atoms with Crippen LogP contribution in [0.15, 0.2) is 30.3 Å². The summed E-state index contributed by atoms with van der Waals surface area (Å²) < 4.78 is 5.13. The van der Waals surface area contributed by atoms with Crippen LogP contribution in [0.3, 0.4) is 0 Å². The van der Waals surface area contributed by atoms with Gasteiger partial charge in [0.2, 0.25) is 11.8 Å². The molecule has 1 aromatic carbocycles. The molecular formula is C19H26N4O4. The molecule has 3 atom stereocenters. The molecule has 0 unspecified atom stereocenters. The minimum atomic E-state index is -1.000. The number of nitriles is 1. The van der Waals surface area contributed by atoms with Crippen LogP contribution in [-0.2, 0) is 20.9 Å². The molecule has 0 fully saturated rings. The highest BCUT2D eigenvalue weighted by Gasteiger charge is 2.30. The Labute approximate surface area is 159 Å². The number of nitrogens with two attached hydrogens (primary N) is 1. The molecule has 0 bridgehead atoms. The Kier molecular flexibility index (Phi) is 8.79. The lowest BCUT2D eigenvalue weighted by Gasteiger charge is -2.26. The van der Waals surface area contributed by atoms with E-state index in [1.807, 2.05) is 36.4 Å². The predicted octanol–water partition coefficient (Wildman–Crippen LogP) is 1.46. The van der Waals surface area contributed by atoms with Gasteiger partial charge in [0.25, 0.3) is 0 Å². The highest BCUT2D eigenvalue weighted by molar-refractivity contribution is 5.91. The molecular weight excluding hydrogens is 348 g/mol. The maximum absolute atomic E-state index is 12.5. The van der Waals surface area contributed by atoms with Crippen molar-refractivity contribution in [3.05, 3.63) is 35.9 Å². The van der Waals surface area contributed by atoms with Crippen molar-refractivity contribution >= 4 is 17.9 Å². The second kappa shape index (κ2) is 10.8. The molecule has 0 aromatic heterocycles. The SMILES string of the molecule is CC(C)[C@H](NC(=O)OCc1ccccc1)C(=O)N[C@@H](C(N)=O)[C@H](C)CC#N. The summed E-state index contributed by atoms with van der Waals surface area (Å²) in [6, 6.07) is 9.16.